The third kappa shape index (κ3) is 3.15. The van der Waals surface area contributed by atoms with Crippen LogP contribution >= 0.6 is 0 Å². The molecule has 6 heteroatoms. The minimum atomic E-state index is -0.649. The molecule has 1 N–H and O–H groups in total. The Balaban J connectivity index is 1.82. The van der Waals surface area contributed by atoms with E-state index >= 15 is 0 Å². The summed E-state index contributed by atoms with van der Waals surface area (Å²) >= 11 is 0. The zero-order valence-corrected chi connectivity index (χ0v) is 12.7. The Kier molecular flexibility index (Phi) is 4.23. The maximum Gasteiger partial charge on any atom is 0.329 e. The summed E-state index contributed by atoms with van der Waals surface area (Å²) in [5.41, 5.74) is 2.58. The van der Waals surface area contributed by atoms with Gasteiger partial charge in [-0.15, -0.1) is 0 Å². The van der Waals surface area contributed by atoms with Crippen LogP contribution in [0.15, 0.2) is 42.7 Å². The van der Waals surface area contributed by atoms with Crippen LogP contribution < -0.4 is 0 Å². The minimum absolute atomic E-state index is 0.232. The monoisotopic (exact) mass is 311 g/mol. The number of amides is 1. The Hall–Kier alpha value is -2.89. The Morgan fingerprint density at radius 2 is 2.13 bits per heavy atom. The number of benzene rings is 1. The van der Waals surface area contributed by atoms with Gasteiger partial charge in [-0.05, 0) is 11.6 Å². The summed E-state index contributed by atoms with van der Waals surface area (Å²) in [5.74, 6) is -0.662. The van der Waals surface area contributed by atoms with E-state index in [0.29, 0.717) is 13.0 Å². The van der Waals surface area contributed by atoms with Gasteiger partial charge in [-0.1, -0.05) is 30.3 Å². The van der Waals surface area contributed by atoms with Crippen molar-refractivity contribution in [3.05, 3.63) is 59.7 Å². The van der Waals surface area contributed by atoms with E-state index in [1.165, 1.54) is 18.1 Å². The number of esters is 1. The van der Waals surface area contributed by atoms with E-state index in [4.69, 9.17) is 4.74 Å². The first-order valence-corrected chi connectivity index (χ1v) is 7.31. The molecule has 0 spiro atoms. The molecule has 1 atom stereocenters. The van der Waals surface area contributed by atoms with Crippen molar-refractivity contribution in [2.75, 3.05) is 7.11 Å². The molecule has 1 aromatic heterocycles. The molecule has 0 bridgehead atoms. The summed E-state index contributed by atoms with van der Waals surface area (Å²) in [5, 5.41) is 0. The summed E-state index contributed by atoms with van der Waals surface area (Å²) in [4.78, 5) is 33.3. The lowest BCUT2D eigenvalue weighted by atomic mass is 10.0. The van der Waals surface area contributed by atoms with Crippen LogP contribution in [0.4, 0.5) is 0 Å². The van der Waals surface area contributed by atoms with Crippen LogP contribution in [0.5, 0.6) is 0 Å². The number of ether oxygens (including phenoxy) is 1. The topological polar surface area (TPSA) is 75.3 Å². The molecule has 1 aromatic carbocycles. The molecule has 1 amide bonds. The minimum Gasteiger partial charge on any atom is -0.467 e. The molecule has 6 nitrogen and oxygen atoms in total. The maximum atomic E-state index is 12.5. The van der Waals surface area contributed by atoms with Gasteiger partial charge in [0.2, 0.25) is 5.91 Å². The first-order chi connectivity index (χ1) is 11.2. The number of carbonyl (C=O) groups excluding carboxylic acids is 2. The first-order valence-electron chi connectivity index (χ1n) is 7.31. The number of rotatable bonds is 3. The molecular weight excluding hydrogens is 294 g/mol. The predicted molar refractivity (Wildman–Crippen MR) is 84.1 cm³/mol. The Labute approximate surface area is 133 Å². The summed E-state index contributed by atoms with van der Waals surface area (Å²) in [7, 11) is 1.32. The maximum absolute atomic E-state index is 12.5. The summed E-state index contributed by atoms with van der Waals surface area (Å²) in [6, 6.07) is 8.88. The van der Waals surface area contributed by atoms with Gasteiger partial charge >= 0.3 is 5.97 Å². The number of hydrogen-bond acceptors (Lipinski definition) is 4. The Morgan fingerprint density at radius 1 is 1.35 bits per heavy atom. The van der Waals surface area contributed by atoms with Crippen molar-refractivity contribution in [3.63, 3.8) is 0 Å². The molecule has 2 heterocycles. The highest BCUT2D eigenvalue weighted by molar-refractivity contribution is 5.95. The fourth-order valence-corrected chi connectivity index (χ4v) is 2.64. The van der Waals surface area contributed by atoms with Crippen molar-refractivity contribution >= 4 is 18.0 Å². The second kappa shape index (κ2) is 6.48. The number of methoxy groups -OCH3 is 1. The van der Waals surface area contributed by atoms with Crippen molar-refractivity contribution in [2.45, 2.75) is 19.0 Å². The van der Waals surface area contributed by atoms with Crippen LogP contribution in [-0.2, 0) is 27.3 Å². The van der Waals surface area contributed by atoms with Crippen molar-refractivity contribution in [2.24, 2.45) is 0 Å². The van der Waals surface area contributed by atoms with Crippen LogP contribution in [0, 0.1) is 0 Å². The van der Waals surface area contributed by atoms with Crippen LogP contribution in [-0.4, -0.2) is 39.9 Å². The summed E-state index contributed by atoms with van der Waals surface area (Å²) in [6.07, 6.45) is 5.15. The van der Waals surface area contributed by atoms with E-state index in [1.807, 2.05) is 30.3 Å². The van der Waals surface area contributed by atoms with Gasteiger partial charge in [0.05, 0.1) is 31.4 Å². The van der Waals surface area contributed by atoms with Crippen molar-refractivity contribution in [1.82, 2.24) is 14.9 Å². The van der Waals surface area contributed by atoms with Gasteiger partial charge < -0.3 is 14.6 Å². The molecule has 1 aliphatic rings. The van der Waals surface area contributed by atoms with E-state index in [-0.39, 0.29) is 5.91 Å². The molecule has 2 aromatic rings. The second-order valence-electron chi connectivity index (χ2n) is 5.28. The van der Waals surface area contributed by atoms with Gasteiger partial charge in [-0.2, -0.15) is 0 Å². The Morgan fingerprint density at radius 3 is 2.87 bits per heavy atom. The van der Waals surface area contributed by atoms with E-state index in [1.54, 1.807) is 12.4 Å². The van der Waals surface area contributed by atoms with Gasteiger partial charge in [0.1, 0.15) is 6.04 Å². The van der Waals surface area contributed by atoms with Gasteiger partial charge in [-0.25, -0.2) is 9.78 Å². The number of aromatic amines is 1. The molecule has 3 rings (SSSR count). The lowest BCUT2D eigenvalue weighted by Gasteiger charge is -2.32. The number of H-pyrrole nitrogens is 1. The van der Waals surface area contributed by atoms with Gasteiger partial charge in [0, 0.05) is 12.5 Å². The zero-order chi connectivity index (χ0) is 16.2. The molecule has 0 saturated carbocycles. The number of imidazole rings is 1. The number of fused-ring (bicyclic) bond motifs is 1. The van der Waals surface area contributed by atoms with Crippen LogP contribution in [0.2, 0.25) is 0 Å². The number of nitrogens with one attached hydrogen (secondary N) is 1. The standard InChI is InChI=1S/C17H17N3O3/c1-23-17(22)15-9-13-14(19-11-18-13)10-20(15)16(21)8-7-12-5-3-2-4-6-12/h2-8,11,15H,9-10H2,1H3,(H,18,19)/b8-7+. The molecule has 0 aliphatic carbocycles. The third-order valence-corrected chi connectivity index (χ3v) is 3.87. The highest BCUT2D eigenvalue weighted by Gasteiger charge is 2.35. The lowest BCUT2D eigenvalue weighted by Crippen LogP contribution is -2.48. The molecule has 23 heavy (non-hydrogen) atoms. The smallest absolute Gasteiger partial charge is 0.329 e. The fourth-order valence-electron chi connectivity index (χ4n) is 2.64. The highest BCUT2D eigenvalue weighted by atomic mass is 16.5. The van der Waals surface area contributed by atoms with Gasteiger partial charge in [0.15, 0.2) is 0 Å². The SMILES string of the molecule is COC(=O)C1Cc2nc[nH]c2CN1C(=O)/C=C/c1ccccc1. The number of aromatic nitrogens is 2. The molecule has 118 valence electrons. The van der Waals surface area contributed by atoms with Crippen LogP contribution in [0.1, 0.15) is 17.0 Å². The van der Waals surface area contributed by atoms with E-state index in [9.17, 15) is 9.59 Å². The number of hydrogen-bond donors (Lipinski definition) is 1. The van der Waals surface area contributed by atoms with E-state index in [0.717, 1.165) is 17.0 Å². The van der Waals surface area contributed by atoms with Crippen molar-refractivity contribution in [3.8, 4) is 0 Å². The predicted octanol–water partition coefficient (Wildman–Crippen LogP) is 1.55. The Bertz CT molecular complexity index is 737. The lowest BCUT2D eigenvalue weighted by molar-refractivity contribution is -0.152. The normalized spacial score (nSPS) is 17.1. The molecule has 0 radical (unpaired) electrons. The summed E-state index contributed by atoms with van der Waals surface area (Å²) in [6.45, 7) is 0.313. The zero-order valence-electron chi connectivity index (χ0n) is 12.7. The number of carbonyl (C=O) groups is 2. The van der Waals surface area contributed by atoms with Crippen LogP contribution in [0.3, 0.4) is 0 Å². The molecule has 0 saturated heterocycles. The first kappa shape index (κ1) is 15.0. The molecule has 1 aliphatic heterocycles. The average Bonchev–Trinajstić information content (AvgIpc) is 3.06. The molecular formula is C17H17N3O3. The van der Waals surface area contributed by atoms with Gasteiger partial charge in [-0.3, -0.25) is 4.79 Å². The second-order valence-corrected chi connectivity index (χ2v) is 5.28. The van der Waals surface area contributed by atoms with Crippen molar-refractivity contribution < 1.29 is 14.3 Å². The van der Waals surface area contributed by atoms with Crippen LogP contribution in [0.25, 0.3) is 6.08 Å². The van der Waals surface area contributed by atoms with E-state index in [2.05, 4.69) is 9.97 Å². The van der Waals surface area contributed by atoms with E-state index < -0.39 is 12.0 Å². The van der Waals surface area contributed by atoms with Gasteiger partial charge in [0.25, 0.3) is 0 Å². The fraction of sp³-hybridized carbons (Fsp3) is 0.235. The third-order valence-electron chi connectivity index (χ3n) is 3.87. The molecule has 0 fully saturated rings. The average molecular weight is 311 g/mol. The number of nitrogens with zero attached hydrogens (tertiary/aromatic N) is 2. The highest BCUT2D eigenvalue weighted by Crippen LogP contribution is 2.22. The molecule has 1 unspecified atom stereocenters. The van der Waals surface area contributed by atoms with Crippen molar-refractivity contribution in [1.29, 1.82) is 0 Å². The summed E-state index contributed by atoms with van der Waals surface area (Å²) < 4.78 is 4.83. The largest absolute Gasteiger partial charge is 0.467 e. The quantitative estimate of drug-likeness (QED) is 0.689.